The van der Waals surface area contributed by atoms with Crippen molar-refractivity contribution >= 4 is 101 Å². The number of carbonyl (C=O) groups is 6. The smallest absolute Gasteiger partial charge is 0.422 e. The Bertz CT molecular complexity index is 3340. The van der Waals surface area contributed by atoms with Crippen molar-refractivity contribution in [2.45, 2.75) is 104 Å². The average Bonchev–Trinajstić information content (AvgIpc) is 1.18. The Kier molecular flexibility index (Phi) is 33.5. The van der Waals surface area contributed by atoms with Gasteiger partial charge in [0.05, 0.1) is 25.9 Å². The van der Waals surface area contributed by atoms with Gasteiger partial charge in [0.2, 0.25) is 5.91 Å². The van der Waals surface area contributed by atoms with Crippen LogP contribution in [0.25, 0.3) is 0 Å². The number of ether oxygens (including phenoxy) is 3. The van der Waals surface area contributed by atoms with E-state index < -0.39 is 76.2 Å². The lowest BCUT2D eigenvalue weighted by Gasteiger charge is -2.37. The van der Waals surface area contributed by atoms with E-state index in [1.54, 1.807) is 48.5 Å². The van der Waals surface area contributed by atoms with Crippen molar-refractivity contribution in [2.24, 2.45) is 10.3 Å². The molecule has 8 rings (SSSR count). The summed E-state index contributed by atoms with van der Waals surface area (Å²) in [5.74, 6) is -1.83. The standard InChI is InChI=1S/C26H36N6O3S.C14H27N3O6S.C12H23N3O6S.C7H15N3O4S.ClH/c27-36(34,35)32-17-11-29(12-18-32)10-9-26(33)31-15-13-30(14-16-31)25-7-5-23(6-8-25)28-24-19-21-3-1-2-4-22(21)20-24;1-5-22-12(18)6-7-16-8-10-17(11-9-16)24(20,21)15-13(19)23-14(2,3)4;1-12(2,3)21-11(18)13-22(19,20)15-8-6-14(7-9-15)5-4-10(16)17;8-15(13,14)10-5-3-9(4-6-10)2-1-7(11)12;/h1-8,24,28H,9-20H2,(H2,27,34,35);5-11H2,1-4H3,(H,15,19);4-9H2,1-3H3,(H,13,18)(H,16,17);1-6H2,(H,11,12)(H2,8,13,14);1H. The number of fused-ring (bicyclic) bond motifs is 1. The van der Waals surface area contributed by atoms with Gasteiger partial charge in [0.15, 0.2) is 0 Å². The molecule has 0 aromatic heterocycles. The molecule has 5 aliphatic heterocycles. The third-order valence-electron chi connectivity index (χ3n) is 16.1. The SMILES string of the molecule is CC(C)(C)OC(=O)NS(=O)(=O)N1CCN(CCC(=O)O)CC1.CCOC(=O)CCN1CCN(S(=O)(=O)NC(=O)OC(C)(C)C)CC1.Cl.NS(=O)(=O)N1CCN(CCC(=O)N2CCN(c3ccc(NC4Cc5ccccc5C4)cc3)CC2)CC1.NS(=O)(=O)N1CCN(CCC(=O)O)CC1. The van der Waals surface area contributed by atoms with Crippen molar-refractivity contribution in [3.05, 3.63) is 59.7 Å². The Balaban J connectivity index is 0.000000291. The fourth-order valence-electron chi connectivity index (χ4n) is 11.0. The molecule has 5 heterocycles. The molecule has 39 heteroatoms. The fraction of sp³-hybridized carbons (Fsp3) is 0.695. The number of aliphatic carboxylic acids is 2. The van der Waals surface area contributed by atoms with E-state index in [0.29, 0.717) is 124 Å². The molecule has 2 aromatic rings. The number of carboxylic acid groups (broad SMARTS) is 2. The number of esters is 1. The second-order valence-electron chi connectivity index (χ2n) is 25.8. The van der Waals surface area contributed by atoms with Crippen LogP contribution in [0.2, 0.25) is 0 Å². The van der Waals surface area contributed by atoms with Crippen LogP contribution in [0.3, 0.4) is 0 Å². The normalized spacial score (nSPS) is 18.7. The van der Waals surface area contributed by atoms with Crippen molar-refractivity contribution < 1.29 is 86.9 Å². The first kappa shape index (κ1) is 84.6. The molecule has 5 saturated heterocycles. The molecule has 0 radical (unpaired) electrons. The molecular weight excluding hydrogens is 1390 g/mol. The summed E-state index contributed by atoms with van der Waals surface area (Å²) in [6, 6.07) is 17.8. The lowest BCUT2D eigenvalue weighted by molar-refractivity contribution is -0.143. The van der Waals surface area contributed by atoms with Gasteiger partial charge in [0, 0.05) is 181 Å². The van der Waals surface area contributed by atoms with Crippen LogP contribution in [-0.4, -0.2) is 303 Å². The Morgan fingerprint density at radius 1 is 0.490 bits per heavy atom. The number of benzene rings is 2. The summed E-state index contributed by atoms with van der Waals surface area (Å²) in [6.45, 7) is 23.4. The number of hydrogen-bond acceptors (Lipinski definition) is 23. The first-order chi connectivity index (χ1) is 45.3. The molecule has 2 aromatic carbocycles. The molecule has 0 bridgehead atoms. The zero-order valence-electron chi connectivity index (χ0n) is 57.1. The number of nitrogens with zero attached hydrogens (tertiary/aromatic N) is 10. The maximum Gasteiger partial charge on any atom is 0.422 e. The van der Waals surface area contributed by atoms with Gasteiger partial charge in [-0.05, 0) is 96.7 Å². The molecule has 9 N–H and O–H groups in total. The maximum absolute atomic E-state index is 12.7. The predicted molar refractivity (Wildman–Crippen MR) is 369 cm³/mol. The van der Waals surface area contributed by atoms with Gasteiger partial charge >= 0.3 is 50.5 Å². The molecule has 3 amide bonds. The summed E-state index contributed by atoms with van der Waals surface area (Å²) in [6.07, 6.45) is 0.961. The van der Waals surface area contributed by atoms with E-state index in [1.165, 1.54) is 29.7 Å². The zero-order valence-corrected chi connectivity index (χ0v) is 61.2. The third kappa shape index (κ3) is 31.0. The summed E-state index contributed by atoms with van der Waals surface area (Å²) in [5.41, 5.74) is 3.68. The molecule has 6 aliphatic rings. The highest BCUT2D eigenvalue weighted by Crippen LogP contribution is 2.27. The number of nitrogens with two attached hydrogens (primary N) is 2. The maximum atomic E-state index is 12.7. The van der Waals surface area contributed by atoms with E-state index in [1.807, 2.05) is 29.0 Å². The quantitative estimate of drug-likeness (QED) is 0.0603. The minimum absolute atomic E-state index is 0. The van der Waals surface area contributed by atoms with Crippen LogP contribution in [-0.2, 0) is 87.1 Å². The monoisotopic (exact) mass is 1490 g/mol. The molecule has 5 fully saturated rings. The minimum Gasteiger partial charge on any atom is -0.481 e. The molecule has 0 unspecified atom stereocenters. The van der Waals surface area contributed by atoms with Crippen LogP contribution in [0.15, 0.2) is 48.5 Å². The van der Waals surface area contributed by atoms with Crippen LogP contribution in [0.1, 0.15) is 85.3 Å². The summed E-state index contributed by atoms with van der Waals surface area (Å²) in [5, 5.41) is 30.9. The predicted octanol–water partition coefficient (Wildman–Crippen LogP) is 0.00460. The number of anilines is 2. The molecule has 34 nitrogen and oxygen atoms in total. The number of carbonyl (C=O) groups excluding carboxylic acids is 4. The fourth-order valence-corrected chi connectivity index (χ4v) is 14.4. The topological polar surface area (TPSA) is 428 Å². The van der Waals surface area contributed by atoms with Crippen molar-refractivity contribution in [3.8, 4) is 0 Å². The van der Waals surface area contributed by atoms with Crippen LogP contribution >= 0.6 is 12.4 Å². The van der Waals surface area contributed by atoms with Gasteiger partial charge in [-0.3, -0.25) is 19.2 Å². The van der Waals surface area contributed by atoms with E-state index in [4.69, 9.17) is 34.7 Å². The summed E-state index contributed by atoms with van der Waals surface area (Å²) >= 11 is 0. The van der Waals surface area contributed by atoms with Crippen LogP contribution in [0.5, 0.6) is 0 Å². The van der Waals surface area contributed by atoms with Gasteiger partial charge in [-0.2, -0.15) is 50.9 Å². The molecule has 0 saturated carbocycles. The van der Waals surface area contributed by atoms with Crippen LogP contribution < -0.4 is 29.9 Å². The number of rotatable bonds is 22. The lowest BCUT2D eigenvalue weighted by Crippen LogP contribution is -2.53. The Morgan fingerprint density at radius 2 is 0.837 bits per heavy atom. The molecule has 0 atom stereocenters. The summed E-state index contributed by atoms with van der Waals surface area (Å²) in [7, 11) is -15.1. The summed E-state index contributed by atoms with van der Waals surface area (Å²) in [4.78, 5) is 80.2. The largest absolute Gasteiger partial charge is 0.481 e. The van der Waals surface area contributed by atoms with Crippen LogP contribution in [0, 0.1) is 0 Å². The van der Waals surface area contributed by atoms with Crippen LogP contribution in [0.4, 0.5) is 21.0 Å². The van der Waals surface area contributed by atoms with Gasteiger partial charge < -0.3 is 59.1 Å². The molecule has 558 valence electrons. The molecule has 98 heavy (non-hydrogen) atoms. The number of nitrogens with one attached hydrogen (secondary N) is 3. The second kappa shape index (κ2) is 38.8. The highest BCUT2D eigenvalue weighted by atomic mass is 35.5. The molecule has 0 spiro atoms. The Hall–Kier alpha value is -5.85. The van der Waals surface area contributed by atoms with Gasteiger partial charge in [-0.25, -0.2) is 29.3 Å². The Morgan fingerprint density at radius 3 is 1.17 bits per heavy atom. The van der Waals surface area contributed by atoms with Crippen molar-refractivity contribution in [2.75, 3.05) is 174 Å². The van der Waals surface area contributed by atoms with E-state index in [0.717, 1.165) is 49.0 Å². The van der Waals surface area contributed by atoms with Crippen molar-refractivity contribution in [1.29, 1.82) is 0 Å². The Labute approximate surface area is 583 Å². The van der Waals surface area contributed by atoms with Crippen molar-refractivity contribution in [1.82, 2.24) is 51.2 Å². The van der Waals surface area contributed by atoms with E-state index >= 15 is 0 Å². The van der Waals surface area contributed by atoms with E-state index in [9.17, 15) is 62.4 Å². The van der Waals surface area contributed by atoms with E-state index in [2.05, 4.69) is 63.6 Å². The number of halogens is 1. The number of hydrogen-bond donors (Lipinski definition) is 7. The minimum atomic E-state index is -3.94. The molecular formula is C59H102ClN15O19S4. The lowest BCUT2D eigenvalue weighted by atomic mass is 10.1. The highest BCUT2D eigenvalue weighted by Gasteiger charge is 2.33. The number of carboxylic acids is 2. The van der Waals surface area contributed by atoms with E-state index in [-0.39, 0.29) is 69.7 Å². The van der Waals surface area contributed by atoms with Crippen molar-refractivity contribution in [3.63, 3.8) is 0 Å². The first-order valence-corrected chi connectivity index (χ1v) is 38.2. The van der Waals surface area contributed by atoms with Gasteiger partial charge in [-0.1, -0.05) is 24.3 Å². The number of amides is 3. The second-order valence-corrected chi connectivity index (χ2v) is 32.2. The third-order valence-corrected chi connectivity index (χ3v) is 21.2. The van der Waals surface area contributed by atoms with Gasteiger partial charge in [0.1, 0.15) is 11.2 Å². The molecule has 1 aliphatic carbocycles. The first-order valence-electron chi connectivity index (χ1n) is 32.3. The highest BCUT2D eigenvalue weighted by molar-refractivity contribution is 7.88. The van der Waals surface area contributed by atoms with Gasteiger partial charge in [0.25, 0.3) is 20.4 Å². The van der Waals surface area contributed by atoms with Gasteiger partial charge in [-0.15, -0.1) is 12.4 Å². The average molecular weight is 1490 g/mol. The summed E-state index contributed by atoms with van der Waals surface area (Å²) < 4.78 is 117. The zero-order chi connectivity index (χ0) is 71.9. The number of piperazine rings is 5.